The number of likely N-dealkylation sites (tertiary alicyclic amines) is 1. The largest absolute Gasteiger partial charge is 0.394 e. The first-order valence-electron chi connectivity index (χ1n) is 8.81. The lowest BCUT2D eigenvalue weighted by Crippen LogP contribution is -2.65. The van der Waals surface area contributed by atoms with Crippen molar-refractivity contribution in [2.75, 3.05) is 20.3 Å². The van der Waals surface area contributed by atoms with Crippen molar-refractivity contribution in [2.45, 2.75) is 43.7 Å². The Morgan fingerprint density at radius 2 is 2.12 bits per heavy atom. The molecule has 2 aliphatic rings. The van der Waals surface area contributed by atoms with Crippen LogP contribution in [0.3, 0.4) is 0 Å². The van der Waals surface area contributed by atoms with Crippen LogP contribution in [-0.2, 0) is 9.53 Å². The molecule has 0 bridgehead atoms. The summed E-state index contributed by atoms with van der Waals surface area (Å²) in [6.45, 7) is -0.236. The van der Waals surface area contributed by atoms with Gasteiger partial charge >= 0.3 is 0 Å². The minimum atomic E-state index is -0.556. The van der Waals surface area contributed by atoms with Gasteiger partial charge in [-0.3, -0.25) is 4.79 Å². The highest BCUT2D eigenvalue weighted by Crippen LogP contribution is 2.41. The van der Waals surface area contributed by atoms with E-state index in [9.17, 15) is 15.2 Å². The summed E-state index contributed by atoms with van der Waals surface area (Å²) in [5.41, 5.74) is 3.61. The minimum absolute atomic E-state index is 0.0749. The van der Waals surface area contributed by atoms with Gasteiger partial charge in [0.2, 0.25) is 5.91 Å². The van der Waals surface area contributed by atoms with E-state index in [0.717, 1.165) is 18.4 Å². The third-order valence-electron chi connectivity index (χ3n) is 5.24. The number of rotatable bonds is 5. The summed E-state index contributed by atoms with van der Waals surface area (Å²) in [6, 6.07) is 9.53. The second-order valence-electron chi connectivity index (χ2n) is 6.68. The summed E-state index contributed by atoms with van der Waals surface area (Å²) in [5, 5.41) is 19.2. The molecule has 5 heteroatoms. The van der Waals surface area contributed by atoms with Crippen molar-refractivity contribution in [2.24, 2.45) is 0 Å². The van der Waals surface area contributed by atoms with Crippen LogP contribution in [0, 0.1) is 11.3 Å². The maximum absolute atomic E-state index is 12.1. The number of benzene rings is 1. The van der Waals surface area contributed by atoms with Gasteiger partial charge < -0.3 is 14.7 Å². The van der Waals surface area contributed by atoms with Gasteiger partial charge in [-0.1, -0.05) is 30.3 Å². The Hall–Kier alpha value is -2.16. The van der Waals surface area contributed by atoms with Crippen molar-refractivity contribution >= 4 is 11.5 Å². The van der Waals surface area contributed by atoms with E-state index in [0.29, 0.717) is 0 Å². The van der Waals surface area contributed by atoms with Gasteiger partial charge in [0.05, 0.1) is 18.7 Å². The smallest absolute Gasteiger partial charge is 0.249 e. The lowest BCUT2D eigenvalue weighted by molar-refractivity contribution is -0.150. The number of hydrogen-bond acceptors (Lipinski definition) is 4. The van der Waals surface area contributed by atoms with Gasteiger partial charge in [0.25, 0.3) is 0 Å². The minimum Gasteiger partial charge on any atom is -0.394 e. The first kappa shape index (κ1) is 17.7. The molecule has 1 fully saturated rings. The molecular formula is C20H24N2O3. The predicted molar refractivity (Wildman–Crippen MR) is 94.6 cm³/mol. The number of amides is 1. The van der Waals surface area contributed by atoms with Crippen LogP contribution in [0.25, 0.3) is 5.57 Å². The third kappa shape index (κ3) is 3.33. The zero-order valence-electron chi connectivity index (χ0n) is 14.5. The number of nitriles is 1. The fourth-order valence-electron chi connectivity index (χ4n) is 3.97. The molecule has 1 amide bonds. The number of carbonyl (C=O) groups excluding carboxylic acids is 1. The molecule has 3 atom stereocenters. The summed E-state index contributed by atoms with van der Waals surface area (Å²) in [6.07, 6.45) is 7.05. The molecule has 1 heterocycles. The first-order valence-corrected chi connectivity index (χ1v) is 8.81. The third-order valence-corrected chi connectivity index (χ3v) is 5.24. The molecule has 0 aromatic heterocycles. The molecule has 1 N–H and O–H groups in total. The van der Waals surface area contributed by atoms with E-state index in [1.54, 1.807) is 0 Å². The SMILES string of the molecule is COCC(=O)N1[C@H](C#N)[C@@H](c2ccc(C3=CCCCC3)cc2)[C@H]1CO. The van der Waals surface area contributed by atoms with Crippen LogP contribution >= 0.6 is 0 Å². The lowest BCUT2D eigenvalue weighted by atomic mass is 9.75. The summed E-state index contributed by atoms with van der Waals surface area (Å²) in [5.74, 6) is -0.418. The van der Waals surface area contributed by atoms with Crippen LogP contribution < -0.4 is 0 Å². The second-order valence-corrected chi connectivity index (χ2v) is 6.68. The number of carbonyl (C=O) groups is 1. The quantitative estimate of drug-likeness (QED) is 0.894. The number of allylic oxidation sites excluding steroid dienone is 2. The van der Waals surface area contributed by atoms with Crippen molar-refractivity contribution in [3.8, 4) is 6.07 Å². The van der Waals surface area contributed by atoms with E-state index in [2.05, 4.69) is 24.3 Å². The average Bonchev–Trinajstić information content (AvgIpc) is 2.63. The zero-order valence-corrected chi connectivity index (χ0v) is 14.5. The second kappa shape index (κ2) is 7.81. The molecule has 3 rings (SSSR count). The number of aliphatic hydroxyl groups is 1. The lowest BCUT2D eigenvalue weighted by Gasteiger charge is -2.51. The van der Waals surface area contributed by atoms with Crippen molar-refractivity contribution in [3.63, 3.8) is 0 Å². The van der Waals surface area contributed by atoms with Crippen LogP contribution in [0.15, 0.2) is 30.3 Å². The van der Waals surface area contributed by atoms with E-state index in [1.807, 2.05) is 12.1 Å². The summed E-state index contributed by atoms with van der Waals surface area (Å²) in [7, 11) is 1.45. The molecule has 1 aliphatic heterocycles. The van der Waals surface area contributed by atoms with E-state index in [4.69, 9.17) is 4.74 Å². The summed E-state index contributed by atoms with van der Waals surface area (Å²) < 4.78 is 4.88. The van der Waals surface area contributed by atoms with Crippen LogP contribution in [0.2, 0.25) is 0 Å². The van der Waals surface area contributed by atoms with E-state index >= 15 is 0 Å². The Balaban J connectivity index is 1.79. The standard InChI is InChI=1S/C20H24N2O3/c1-25-13-19(24)22-17(11-21)20(18(22)12-23)16-9-7-15(8-10-16)14-5-3-2-4-6-14/h5,7-10,17-18,20,23H,2-4,6,12-13H2,1H3/t17-,18-,20-/m1/s1. The van der Waals surface area contributed by atoms with Gasteiger partial charge in [0.1, 0.15) is 12.6 Å². The number of aliphatic hydroxyl groups excluding tert-OH is 1. The van der Waals surface area contributed by atoms with Crippen LogP contribution in [0.4, 0.5) is 0 Å². The molecule has 0 radical (unpaired) electrons. The fourth-order valence-corrected chi connectivity index (χ4v) is 3.97. The number of nitrogens with zero attached hydrogens (tertiary/aromatic N) is 2. The Labute approximate surface area is 148 Å². The molecular weight excluding hydrogens is 316 g/mol. The molecule has 5 nitrogen and oxygen atoms in total. The van der Waals surface area contributed by atoms with Gasteiger partial charge in [0.15, 0.2) is 0 Å². The maximum atomic E-state index is 12.1. The highest BCUT2D eigenvalue weighted by molar-refractivity contribution is 5.80. The van der Waals surface area contributed by atoms with E-state index in [1.165, 1.54) is 36.0 Å². The van der Waals surface area contributed by atoms with Gasteiger partial charge in [-0.15, -0.1) is 0 Å². The maximum Gasteiger partial charge on any atom is 0.249 e. The van der Waals surface area contributed by atoms with Crippen LogP contribution in [0.5, 0.6) is 0 Å². The topological polar surface area (TPSA) is 73.6 Å². The molecule has 0 unspecified atom stereocenters. The molecule has 25 heavy (non-hydrogen) atoms. The Kier molecular flexibility index (Phi) is 5.52. The van der Waals surface area contributed by atoms with Crippen LogP contribution in [0.1, 0.15) is 42.7 Å². The van der Waals surface area contributed by atoms with Gasteiger partial charge in [-0.25, -0.2) is 0 Å². The number of ether oxygens (including phenoxy) is 1. The predicted octanol–water partition coefficient (Wildman–Crippen LogP) is 2.47. The molecule has 1 aromatic carbocycles. The van der Waals surface area contributed by atoms with Crippen molar-refractivity contribution in [1.29, 1.82) is 5.26 Å². The van der Waals surface area contributed by atoms with E-state index in [-0.39, 0.29) is 31.1 Å². The monoisotopic (exact) mass is 340 g/mol. The normalized spacial score (nSPS) is 25.7. The first-order chi connectivity index (χ1) is 12.2. The summed E-state index contributed by atoms with van der Waals surface area (Å²) in [4.78, 5) is 13.6. The van der Waals surface area contributed by atoms with Crippen LogP contribution in [-0.4, -0.2) is 48.3 Å². The molecule has 1 saturated heterocycles. The van der Waals surface area contributed by atoms with Gasteiger partial charge in [-0.05, 0) is 42.4 Å². The van der Waals surface area contributed by atoms with Gasteiger partial charge in [0, 0.05) is 13.0 Å². The molecule has 1 aromatic rings. The number of hydrogen-bond donors (Lipinski definition) is 1. The highest BCUT2D eigenvalue weighted by atomic mass is 16.5. The Bertz CT molecular complexity index is 690. The summed E-state index contributed by atoms with van der Waals surface area (Å²) >= 11 is 0. The number of methoxy groups -OCH3 is 1. The highest BCUT2D eigenvalue weighted by Gasteiger charge is 2.51. The Morgan fingerprint density at radius 1 is 1.36 bits per heavy atom. The average molecular weight is 340 g/mol. The molecule has 1 aliphatic carbocycles. The fraction of sp³-hybridized carbons (Fsp3) is 0.500. The van der Waals surface area contributed by atoms with Gasteiger partial charge in [-0.2, -0.15) is 5.26 Å². The molecule has 0 spiro atoms. The zero-order chi connectivity index (χ0) is 17.8. The Morgan fingerprint density at radius 3 is 2.68 bits per heavy atom. The van der Waals surface area contributed by atoms with E-state index < -0.39 is 6.04 Å². The molecule has 0 saturated carbocycles. The van der Waals surface area contributed by atoms with Crippen molar-refractivity contribution < 1.29 is 14.6 Å². The molecule has 132 valence electrons. The van der Waals surface area contributed by atoms with Crippen molar-refractivity contribution in [3.05, 3.63) is 41.5 Å². The van der Waals surface area contributed by atoms with Crippen molar-refractivity contribution in [1.82, 2.24) is 4.90 Å².